The van der Waals surface area contributed by atoms with E-state index in [1.165, 1.54) is 22.7 Å². The molecule has 4 nitrogen and oxygen atoms in total. The van der Waals surface area contributed by atoms with Crippen molar-refractivity contribution >= 4 is 5.65 Å². The summed E-state index contributed by atoms with van der Waals surface area (Å²) in [6.07, 6.45) is 4.23. The summed E-state index contributed by atoms with van der Waals surface area (Å²) >= 11 is 0. The van der Waals surface area contributed by atoms with Gasteiger partial charge in [0, 0.05) is 18.0 Å². The summed E-state index contributed by atoms with van der Waals surface area (Å²) in [5, 5.41) is 3.32. The predicted molar refractivity (Wildman–Crippen MR) is 70.7 cm³/mol. The summed E-state index contributed by atoms with van der Waals surface area (Å²) in [7, 11) is 0. The van der Waals surface area contributed by atoms with Crippen LogP contribution in [0.15, 0.2) is 29.2 Å². The minimum atomic E-state index is -0.428. The lowest BCUT2D eigenvalue weighted by molar-refractivity contribution is 0.370. The summed E-state index contributed by atoms with van der Waals surface area (Å²) in [5.41, 5.74) is 1.11. The molecule has 1 aliphatic heterocycles. The average Bonchev–Trinajstić information content (AvgIpc) is 2.41. The van der Waals surface area contributed by atoms with Gasteiger partial charge in [0.15, 0.2) is 0 Å². The van der Waals surface area contributed by atoms with E-state index in [2.05, 4.69) is 10.3 Å². The number of aromatic nitrogens is 2. The monoisotopic (exact) mass is 261 g/mol. The Morgan fingerprint density at radius 2 is 2.16 bits per heavy atom. The fraction of sp³-hybridized carbons (Fsp3) is 0.429. The summed E-state index contributed by atoms with van der Waals surface area (Å²) in [6.45, 7) is 2.06. The van der Waals surface area contributed by atoms with E-state index in [-0.39, 0.29) is 5.56 Å². The van der Waals surface area contributed by atoms with Crippen LogP contribution < -0.4 is 10.9 Å². The zero-order valence-corrected chi connectivity index (χ0v) is 10.6. The topological polar surface area (TPSA) is 46.4 Å². The summed E-state index contributed by atoms with van der Waals surface area (Å²) in [4.78, 5) is 16.4. The highest BCUT2D eigenvalue weighted by molar-refractivity contribution is 5.38. The Morgan fingerprint density at radius 3 is 2.95 bits per heavy atom. The molecule has 2 aromatic rings. The molecule has 0 bridgehead atoms. The first-order valence-corrected chi connectivity index (χ1v) is 6.61. The quantitative estimate of drug-likeness (QED) is 0.888. The Bertz CT molecular complexity index is 647. The van der Waals surface area contributed by atoms with E-state index < -0.39 is 5.82 Å². The Kier molecular flexibility index (Phi) is 3.29. The Morgan fingerprint density at radius 1 is 1.37 bits per heavy atom. The SMILES string of the molecule is O=c1cc(CC2CCNCC2)nc2ccc(F)cn12. The summed E-state index contributed by atoms with van der Waals surface area (Å²) in [6, 6.07) is 4.40. The average molecular weight is 261 g/mol. The molecule has 5 heteroatoms. The smallest absolute Gasteiger partial charge is 0.258 e. The first-order valence-electron chi connectivity index (χ1n) is 6.61. The van der Waals surface area contributed by atoms with Crippen LogP contribution in [0.3, 0.4) is 0 Å². The molecule has 0 unspecified atom stereocenters. The van der Waals surface area contributed by atoms with Crippen LogP contribution >= 0.6 is 0 Å². The van der Waals surface area contributed by atoms with Gasteiger partial charge in [0.2, 0.25) is 0 Å². The van der Waals surface area contributed by atoms with Crippen LogP contribution in [0.4, 0.5) is 4.39 Å². The molecule has 1 aliphatic rings. The van der Waals surface area contributed by atoms with Crippen molar-refractivity contribution in [3.63, 3.8) is 0 Å². The van der Waals surface area contributed by atoms with Crippen molar-refractivity contribution in [1.82, 2.24) is 14.7 Å². The lowest BCUT2D eigenvalue weighted by atomic mass is 9.93. The van der Waals surface area contributed by atoms with Crippen LogP contribution in [-0.4, -0.2) is 22.5 Å². The van der Waals surface area contributed by atoms with Gasteiger partial charge in [0.1, 0.15) is 11.5 Å². The lowest BCUT2D eigenvalue weighted by Crippen LogP contribution is -2.29. The predicted octanol–water partition coefficient (Wildman–Crippen LogP) is 1.38. The van der Waals surface area contributed by atoms with Gasteiger partial charge >= 0.3 is 0 Å². The van der Waals surface area contributed by atoms with E-state index in [1.54, 1.807) is 6.07 Å². The summed E-state index contributed by atoms with van der Waals surface area (Å²) in [5.74, 6) is 0.151. The zero-order valence-electron chi connectivity index (χ0n) is 10.6. The Labute approximate surface area is 110 Å². The van der Waals surface area contributed by atoms with E-state index in [0.29, 0.717) is 11.6 Å². The zero-order chi connectivity index (χ0) is 13.2. The third-order valence-corrected chi connectivity index (χ3v) is 3.63. The number of hydrogen-bond acceptors (Lipinski definition) is 3. The first-order chi connectivity index (χ1) is 9.22. The molecule has 0 aromatic carbocycles. The largest absolute Gasteiger partial charge is 0.317 e. The normalized spacial score (nSPS) is 16.9. The van der Waals surface area contributed by atoms with E-state index in [0.717, 1.165) is 38.0 Å². The second-order valence-corrected chi connectivity index (χ2v) is 5.06. The van der Waals surface area contributed by atoms with Crippen LogP contribution in [-0.2, 0) is 6.42 Å². The molecule has 3 heterocycles. The van der Waals surface area contributed by atoms with Gasteiger partial charge in [-0.2, -0.15) is 0 Å². The number of nitrogens with zero attached hydrogens (tertiary/aromatic N) is 2. The maximum Gasteiger partial charge on any atom is 0.258 e. The molecular formula is C14H16FN3O. The molecule has 100 valence electrons. The molecule has 0 spiro atoms. The molecule has 0 amide bonds. The van der Waals surface area contributed by atoms with Crippen LogP contribution in [0.1, 0.15) is 18.5 Å². The molecule has 1 N–H and O–H groups in total. The van der Waals surface area contributed by atoms with Crippen LogP contribution in [0.25, 0.3) is 5.65 Å². The second kappa shape index (κ2) is 5.09. The molecule has 0 radical (unpaired) electrons. The van der Waals surface area contributed by atoms with Crippen LogP contribution in [0, 0.1) is 11.7 Å². The molecule has 0 atom stereocenters. The minimum absolute atomic E-state index is 0.214. The Hall–Kier alpha value is -1.75. The van der Waals surface area contributed by atoms with Gasteiger partial charge in [-0.15, -0.1) is 0 Å². The minimum Gasteiger partial charge on any atom is -0.317 e. The van der Waals surface area contributed by atoms with Crippen molar-refractivity contribution in [2.24, 2.45) is 5.92 Å². The van der Waals surface area contributed by atoms with Crippen molar-refractivity contribution in [2.75, 3.05) is 13.1 Å². The van der Waals surface area contributed by atoms with Gasteiger partial charge < -0.3 is 5.32 Å². The van der Waals surface area contributed by atoms with E-state index in [1.807, 2.05) is 0 Å². The third-order valence-electron chi connectivity index (χ3n) is 3.63. The second-order valence-electron chi connectivity index (χ2n) is 5.06. The van der Waals surface area contributed by atoms with Gasteiger partial charge in [-0.1, -0.05) is 0 Å². The number of piperidine rings is 1. The van der Waals surface area contributed by atoms with Gasteiger partial charge in [-0.05, 0) is 50.4 Å². The number of pyridine rings is 1. The molecule has 19 heavy (non-hydrogen) atoms. The molecular weight excluding hydrogens is 245 g/mol. The third kappa shape index (κ3) is 2.66. The van der Waals surface area contributed by atoms with Gasteiger partial charge in [-0.3, -0.25) is 9.20 Å². The van der Waals surface area contributed by atoms with E-state index in [9.17, 15) is 9.18 Å². The van der Waals surface area contributed by atoms with Crippen molar-refractivity contribution in [1.29, 1.82) is 0 Å². The fourth-order valence-corrected chi connectivity index (χ4v) is 2.61. The highest BCUT2D eigenvalue weighted by atomic mass is 19.1. The first kappa shape index (κ1) is 12.3. The highest BCUT2D eigenvalue weighted by Gasteiger charge is 2.15. The number of halogens is 1. The summed E-state index contributed by atoms with van der Waals surface area (Å²) < 4.78 is 14.3. The number of rotatable bonds is 2. The van der Waals surface area contributed by atoms with Crippen molar-refractivity contribution in [3.05, 3.63) is 46.3 Å². The molecule has 0 aliphatic carbocycles. The molecule has 1 fully saturated rings. The highest BCUT2D eigenvalue weighted by Crippen LogP contribution is 2.16. The van der Waals surface area contributed by atoms with Gasteiger partial charge in [0.05, 0.1) is 0 Å². The molecule has 2 aromatic heterocycles. The number of hydrogen-bond donors (Lipinski definition) is 1. The van der Waals surface area contributed by atoms with E-state index in [4.69, 9.17) is 0 Å². The lowest BCUT2D eigenvalue weighted by Gasteiger charge is -2.22. The fourth-order valence-electron chi connectivity index (χ4n) is 2.61. The number of nitrogens with one attached hydrogen (secondary N) is 1. The Balaban J connectivity index is 1.92. The van der Waals surface area contributed by atoms with Crippen LogP contribution in [0.5, 0.6) is 0 Å². The van der Waals surface area contributed by atoms with Crippen molar-refractivity contribution in [3.8, 4) is 0 Å². The maximum atomic E-state index is 13.1. The molecule has 1 saturated heterocycles. The standard InChI is InChI=1S/C14H16FN3O/c15-11-1-2-13-17-12(8-14(19)18(13)9-11)7-10-3-5-16-6-4-10/h1-2,8-10,16H,3-7H2. The molecule has 3 rings (SSSR count). The van der Waals surface area contributed by atoms with Crippen molar-refractivity contribution < 1.29 is 4.39 Å². The van der Waals surface area contributed by atoms with E-state index >= 15 is 0 Å². The maximum absolute atomic E-state index is 13.1. The molecule has 0 saturated carbocycles. The van der Waals surface area contributed by atoms with Gasteiger partial charge in [0.25, 0.3) is 5.56 Å². The van der Waals surface area contributed by atoms with Crippen LogP contribution in [0.2, 0.25) is 0 Å². The number of fused-ring (bicyclic) bond motifs is 1. The van der Waals surface area contributed by atoms with Gasteiger partial charge in [-0.25, -0.2) is 9.37 Å². The van der Waals surface area contributed by atoms with Crippen molar-refractivity contribution in [2.45, 2.75) is 19.3 Å².